The Balaban J connectivity index is 2.00. The molecule has 0 fully saturated rings. The molecule has 30 heavy (non-hydrogen) atoms. The molecule has 0 aliphatic carbocycles. The van der Waals surface area contributed by atoms with Gasteiger partial charge in [0.2, 0.25) is 5.88 Å². The lowest BCUT2D eigenvalue weighted by Crippen LogP contribution is -2.28. The number of benzene rings is 2. The number of allylic oxidation sites excluding steroid dienone is 1. The topological polar surface area (TPSA) is 125 Å². The first-order valence-corrected chi connectivity index (χ1v) is 9.05. The van der Waals surface area contributed by atoms with Crippen LogP contribution in [0.4, 0.5) is 5.69 Å². The summed E-state index contributed by atoms with van der Waals surface area (Å²) in [5.41, 5.74) is 1.76. The van der Waals surface area contributed by atoms with E-state index in [1.54, 1.807) is 17.7 Å². The minimum atomic E-state index is -0.899. The van der Waals surface area contributed by atoms with Crippen molar-refractivity contribution in [1.82, 2.24) is 15.1 Å². The molecule has 2 heterocycles. The number of nitro benzene ring substituents is 1. The van der Waals surface area contributed by atoms with Crippen molar-refractivity contribution >= 4 is 5.69 Å². The molecule has 2 aromatic carbocycles. The molecule has 1 aromatic heterocycles. The van der Waals surface area contributed by atoms with E-state index >= 15 is 0 Å². The van der Waals surface area contributed by atoms with Gasteiger partial charge in [0.1, 0.15) is 5.92 Å². The van der Waals surface area contributed by atoms with Crippen LogP contribution in [0.2, 0.25) is 0 Å². The van der Waals surface area contributed by atoms with Gasteiger partial charge in [-0.05, 0) is 24.6 Å². The minimum Gasteiger partial charge on any atom is -0.416 e. The van der Waals surface area contributed by atoms with Crippen LogP contribution in [0.3, 0.4) is 0 Å². The predicted molar refractivity (Wildman–Crippen MR) is 107 cm³/mol. The number of nitrogens with zero attached hydrogens (tertiary/aromatic N) is 4. The number of non-ortho nitro benzene ring substituents is 1. The molecule has 0 radical (unpaired) electrons. The van der Waals surface area contributed by atoms with Crippen LogP contribution in [0.25, 0.3) is 5.69 Å². The van der Waals surface area contributed by atoms with Crippen LogP contribution in [0.1, 0.15) is 22.7 Å². The van der Waals surface area contributed by atoms with Gasteiger partial charge < -0.3 is 10.1 Å². The van der Waals surface area contributed by atoms with E-state index in [-0.39, 0.29) is 17.3 Å². The monoisotopic (exact) mass is 407 g/mol. The molecule has 0 saturated heterocycles. The molecule has 0 saturated carbocycles. The van der Waals surface area contributed by atoms with Gasteiger partial charge in [0.25, 0.3) is 11.6 Å². The van der Waals surface area contributed by atoms with Gasteiger partial charge >= 0.3 is 5.70 Å². The van der Waals surface area contributed by atoms with Gasteiger partial charge in [-0.2, -0.15) is 5.10 Å². The van der Waals surface area contributed by atoms with Gasteiger partial charge in [-0.15, -0.1) is 0 Å². The second kappa shape index (κ2) is 7.32. The predicted octanol–water partition coefficient (Wildman–Crippen LogP) is 3.28. The number of para-hydroxylation sites is 1. The molecule has 1 aliphatic rings. The lowest BCUT2D eigenvalue weighted by Gasteiger charge is -2.24. The lowest BCUT2D eigenvalue weighted by molar-refractivity contribution is -0.433. The van der Waals surface area contributed by atoms with Crippen LogP contribution in [-0.2, 0) is 0 Å². The Labute approximate surface area is 170 Å². The number of aromatic nitrogens is 2. The van der Waals surface area contributed by atoms with E-state index in [0.29, 0.717) is 22.7 Å². The molecule has 0 bridgehead atoms. The third-order valence-corrected chi connectivity index (χ3v) is 4.89. The fourth-order valence-electron chi connectivity index (χ4n) is 3.62. The van der Waals surface area contributed by atoms with E-state index in [0.717, 1.165) is 5.69 Å². The van der Waals surface area contributed by atoms with Gasteiger partial charge in [-0.1, -0.05) is 30.3 Å². The second-order valence-electron chi connectivity index (χ2n) is 6.66. The first-order valence-electron chi connectivity index (χ1n) is 9.05. The Hall–Kier alpha value is -4.21. The SMILES string of the molecule is CNC1=C([N+](=O)[O-])C(c2cccc([N+](=O)[O-])c2)c2c(C)nn(-c3ccccc3)c2O1. The molecule has 3 aromatic rings. The van der Waals surface area contributed by atoms with Gasteiger partial charge in [-0.25, -0.2) is 4.68 Å². The van der Waals surface area contributed by atoms with Crippen molar-refractivity contribution in [1.29, 1.82) is 0 Å². The number of rotatable bonds is 5. The van der Waals surface area contributed by atoms with Crippen LogP contribution in [-0.4, -0.2) is 26.7 Å². The number of hydrogen-bond acceptors (Lipinski definition) is 7. The Kier molecular flexibility index (Phi) is 4.66. The number of aryl methyl sites for hydroxylation is 1. The first-order chi connectivity index (χ1) is 14.4. The molecule has 1 unspecified atom stereocenters. The smallest absolute Gasteiger partial charge is 0.317 e. The first kappa shape index (κ1) is 19.1. The van der Waals surface area contributed by atoms with Gasteiger partial charge in [0, 0.05) is 19.2 Å². The third-order valence-electron chi connectivity index (χ3n) is 4.89. The number of nitro groups is 2. The number of ether oxygens (including phenoxy) is 1. The molecule has 1 aliphatic heterocycles. The summed E-state index contributed by atoms with van der Waals surface area (Å²) >= 11 is 0. The third kappa shape index (κ3) is 3.04. The van der Waals surface area contributed by atoms with Crippen LogP contribution in [0, 0.1) is 27.2 Å². The normalized spacial score (nSPS) is 15.3. The van der Waals surface area contributed by atoms with Crippen molar-refractivity contribution in [2.24, 2.45) is 0 Å². The zero-order chi connectivity index (χ0) is 21.4. The zero-order valence-electron chi connectivity index (χ0n) is 16.1. The van der Waals surface area contributed by atoms with Gasteiger partial charge in [-0.3, -0.25) is 20.2 Å². The van der Waals surface area contributed by atoms with Crippen molar-refractivity contribution < 1.29 is 14.6 Å². The van der Waals surface area contributed by atoms with E-state index in [1.165, 1.54) is 25.2 Å². The maximum Gasteiger partial charge on any atom is 0.317 e. The van der Waals surface area contributed by atoms with Crippen LogP contribution in [0.15, 0.2) is 66.2 Å². The molecule has 1 atom stereocenters. The van der Waals surface area contributed by atoms with E-state index < -0.39 is 15.8 Å². The average Bonchev–Trinajstić information content (AvgIpc) is 3.09. The highest BCUT2D eigenvalue weighted by Gasteiger charge is 2.43. The van der Waals surface area contributed by atoms with Crippen LogP contribution < -0.4 is 10.1 Å². The molecular weight excluding hydrogens is 390 g/mol. The highest BCUT2D eigenvalue weighted by Crippen LogP contribution is 2.45. The van der Waals surface area contributed by atoms with Crippen molar-refractivity contribution in [2.75, 3.05) is 7.05 Å². The van der Waals surface area contributed by atoms with Crippen molar-refractivity contribution in [2.45, 2.75) is 12.8 Å². The Morgan fingerprint density at radius 1 is 1.07 bits per heavy atom. The number of nitrogens with one attached hydrogen (secondary N) is 1. The minimum absolute atomic E-state index is 0.0407. The molecule has 0 spiro atoms. The van der Waals surface area contributed by atoms with E-state index in [2.05, 4.69) is 10.4 Å². The largest absolute Gasteiger partial charge is 0.416 e. The highest BCUT2D eigenvalue weighted by molar-refractivity contribution is 5.54. The molecule has 152 valence electrons. The summed E-state index contributed by atoms with van der Waals surface area (Å²) in [6, 6.07) is 15.1. The van der Waals surface area contributed by atoms with Crippen molar-refractivity contribution in [3.05, 3.63) is 103 Å². The fourth-order valence-corrected chi connectivity index (χ4v) is 3.62. The van der Waals surface area contributed by atoms with Crippen LogP contribution in [0.5, 0.6) is 5.88 Å². The van der Waals surface area contributed by atoms with Crippen molar-refractivity contribution in [3.63, 3.8) is 0 Å². The molecule has 10 nitrogen and oxygen atoms in total. The summed E-state index contributed by atoms with van der Waals surface area (Å²) in [4.78, 5) is 22.2. The number of fused-ring (bicyclic) bond motifs is 1. The fraction of sp³-hybridized carbons (Fsp3) is 0.150. The summed E-state index contributed by atoms with van der Waals surface area (Å²) in [6.07, 6.45) is 0. The van der Waals surface area contributed by atoms with Gasteiger partial charge in [0.05, 0.1) is 26.8 Å². The van der Waals surface area contributed by atoms with Crippen LogP contribution >= 0.6 is 0 Å². The quantitative estimate of drug-likeness (QED) is 0.508. The Morgan fingerprint density at radius 3 is 2.43 bits per heavy atom. The lowest BCUT2D eigenvalue weighted by atomic mass is 9.87. The standard InChI is InChI=1S/C20H17N5O5/c1-12-16-17(13-7-6-10-15(11-13)24(26)27)18(25(28)29)19(21-2)30-20(16)23(22-12)14-8-4-3-5-9-14/h3-11,17,21H,1-2H3. The molecular formula is C20H17N5O5. The maximum absolute atomic E-state index is 12.0. The Morgan fingerprint density at radius 2 is 1.80 bits per heavy atom. The average molecular weight is 407 g/mol. The Bertz CT molecular complexity index is 1190. The van der Waals surface area contributed by atoms with Crippen molar-refractivity contribution in [3.8, 4) is 11.6 Å². The summed E-state index contributed by atoms with van der Waals surface area (Å²) in [5.74, 6) is -0.616. The van der Waals surface area contributed by atoms with E-state index in [9.17, 15) is 20.2 Å². The highest BCUT2D eigenvalue weighted by atomic mass is 16.6. The molecule has 4 rings (SSSR count). The second-order valence-corrected chi connectivity index (χ2v) is 6.66. The maximum atomic E-state index is 12.0. The summed E-state index contributed by atoms with van der Waals surface area (Å²) in [5, 5.41) is 30.6. The zero-order valence-corrected chi connectivity index (χ0v) is 16.1. The summed E-state index contributed by atoms with van der Waals surface area (Å²) in [6.45, 7) is 1.73. The number of hydrogen-bond donors (Lipinski definition) is 1. The summed E-state index contributed by atoms with van der Waals surface area (Å²) < 4.78 is 7.46. The van der Waals surface area contributed by atoms with Gasteiger partial charge in [0.15, 0.2) is 0 Å². The summed E-state index contributed by atoms with van der Waals surface area (Å²) in [7, 11) is 1.52. The molecule has 10 heteroatoms. The van der Waals surface area contributed by atoms with E-state index in [1.807, 2.05) is 30.3 Å². The van der Waals surface area contributed by atoms with E-state index in [4.69, 9.17) is 4.74 Å². The molecule has 1 N–H and O–H groups in total. The molecule has 0 amide bonds.